The normalized spacial score (nSPS) is 18.6. The minimum Gasteiger partial charge on any atom is -0.375 e. The van der Waals surface area contributed by atoms with Crippen molar-refractivity contribution in [3.05, 3.63) is 28.0 Å². The monoisotopic (exact) mass is 246 g/mol. The molecule has 1 aliphatic rings. The Balaban J connectivity index is 2.13. The predicted octanol–water partition coefficient (Wildman–Crippen LogP) is 1.92. The summed E-state index contributed by atoms with van der Waals surface area (Å²) >= 11 is 11.6. The zero-order valence-corrected chi connectivity index (χ0v) is 9.90. The molecule has 82 valence electrons. The van der Waals surface area contributed by atoms with Crippen molar-refractivity contribution in [3.63, 3.8) is 0 Å². The van der Waals surface area contributed by atoms with Gasteiger partial charge in [-0.1, -0.05) is 23.2 Å². The summed E-state index contributed by atoms with van der Waals surface area (Å²) in [7, 11) is 1.73. The molecule has 15 heavy (non-hydrogen) atoms. The molecule has 0 amide bonds. The summed E-state index contributed by atoms with van der Waals surface area (Å²) in [5, 5.41) is 4.03. The van der Waals surface area contributed by atoms with Gasteiger partial charge in [-0.15, -0.1) is 0 Å². The Hall–Kier alpha value is -0.350. The first-order valence-corrected chi connectivity index (χ1v) is 5.47. The van der Waals surface area contributed by atoms with Crippen LogP contribution < -0.4 is 5.32 Å². The van der Waals surface area contributed by atoms with Gasteiger partial charge in [0.15, 0.2) is 0 Å². The van der Waals surface area contributed by atoms with Gasteiger partial charge in [-0.3, -0.25) is 0 Å². The predicted molar refractivity (Wildman–Crippen MR) is 60.6 cm³/mol. The number of rotatable bonds is 3. The van der Waals surface area contributed by atoms with Crippen molar-refractivity contribution in [1.29, 1.82) is 0 Å². The summed E-state index contributed by atoms with van der Waals surface area (Å²) in [5.41, 5.74) is 0.950. The molecule has 0 aromatic carbocycles. The molecule has 1 N–H and O–H groups in total. The lowest BCUT2D eigenvalue weighted by Crippen LogP contribution is -2.61. The van der Waals surface area contributed by atoms with Crippen LogP contribution in [0.2, 0.25) is 10.2 Å². The summed E-state index contributed by atoms with van der Waals surface area (Å²) in [6.45, 7) is 1.73. The second-order valence-corrected chi connectivity index (χ2v) is 4.55. The Morgan fingerprint density at radius 3 is 2.73 bits per heavy atom. The first-order chi connectivity index (χ1) is 7.15. The van der Waals surface area contributed by atoms with E-state index >= 15 is 0 Å². The molecule has 0 saturated carbocycles. The van der Waals surface area contributed by atoms with Crippen molar-refractivity contribution in [2.24, 2.45) is 0 Å². The third kappa shape index (κ3) is 2.26. The van der Waals surface area contributed by atoms with E-state index in [1.165, 1.54) is 0 Å². The smallest absolute Gasteiger partial charge is 0.147 e. The topological polar surface area (TPSA) is 34.1 Å². The summed E-state index contributed by atoms with van der Waals surface area (Å²) in [6, 6.07) is 1.84. The van der Waals surface area contributed by atoms with Crippen molar-refractivity contribution in [2.45, 2.75) is 12.0 Å². The fourth-order valence-corrected chi connectivity index (χ4v) is 1.97. The van der Waals surface area contributed by atoms with Gasteiger partial charge in [-0.2, -0.15) is 0 Å². The van der Waals surface area contributed by atoms with E-state index in [0.29, 0.717) is 10.2 Å². The molecule has 3 nitrogen and oxygen atoms in total. The summed E-state index contributed by atoms with van der Waals surface area (Å²) in [6.07, 6.45) is 2.55. The molecule has 0 radical (unpaired) electrons. The highest BCUT2D eigenvalue weighted by Crippen LogP contribution is 2.25. The van der Waals surface area contributed by atoms with Crippen molar-refractivity contribution >= 4 is 23.2 Å². The number of nitrogens with one attached hydrogen (secondary N) is 1. The molecule has 1 aromatic heterocycles. The molecule has 0 bridgehead atoms. The lowest BCUT2D eigenvalue weighted by Gasteiger charge is -2.41. The van der Waals surface area contributed by atoms with Crippen LogP contribution in [0, 0.1) is 0 Å². The molecule has 0 unspecified atom stereocenters. The SMILES string of the molecule is COC1(Cc2cnc(Cl)c(Cl)c2)CNC1. The fraction of sp³-hybridized carbons (Fsp3) is 0.500. The Morgan fingerprint density at radius 1 is 1.53 bits per heavy atom. The highest BCUT2D eigenvalue weighted by Gasteiger charge is 2.37. The minimum atomic E-state index is -0.0984. The van der Waals surface area contributed by atoms with Gasteiger partial charge in [-0.05, 0) is 11.6 Å². The van der Waals surface area contributed by atoms with E-state index in [0.717, 1.165) is 25.1 Å². The molecule has 1 aromatic rings. The number of methoxy groups -OCH3 is 1. The van der Waals surface area contributed by atoms with Crippen molar-refractivity contribution in [2.75, 3.05) is 20.2 Å². The summed E-state index contributed by atoms with van der Waals surface area (Å²) in [4.78, 5) is 4.01. The van der Waals surface area contributed by atoms with Crippen LogP contribution in [0.5, 0.6) is 0 Å². The maximum atomic E-state index is 5.90. The zero-order chi connectivity index (χ0) is 10.9. The maximum absolute atomic E-state index is 5.90. The molecular weight excluding hydrogens is 235 g/mol. The second-order valence-electron chi connectivity index (χ2n) is 3.78. The van der Waals surface area contributed by atoms with E-state index in [1.54, 1.807) is 13.3 Å². The standard InChI is InChI=1S/C10H12Cl2N2O/c1-15-10(5-13-6-10)3-7-2-8(11)9(12)14-4-7/h2,4,13H,3,5-6H2,1H3. The molecule has 0 spiro atoms. The third-order valence-corrected chi connectivity index (χ3v) is 3.39. The van der Waals surface area contributed by atoms with Crippen molar-refractivity contribution in [1.82, 2.24) is 10.3 Å². The molecule has 1 fully saturated rings. The van der Waals surface area contributed by atoms with Gasteiger partial charge in [0.1, 0.15) is 5.15 Å². The van der Waals surface area contributed by atoms with Crippen LogP contribution in [0.4, 0.5) is 0 Å². The third-order valence-electron chi connectivity index (χ3n) is 2.71. The number of nitrogens with zero attached hydrogens (tertiary/aromatic N) is 1. The van der Waals surface area contributed by atoms with E-state index in [-0.39, 0.29) is 5.60 Å². The van der Waals surface area contributed by atoms with Gasteiger partial charge in [-0.25, -0.2) is 4.98 Å². The Morgan fingerprint density at radius 2 is 2.27 bits per heavy atom. The Bertz CT molecular complexity index is 361. The summed E-state index contributed by atoms with van der Waals surface area (Å²) < 4.78 is 5.48. The van der Waals surface area contributed by atoms with Gasteiger partial charge < -0.3 is 10.1 Å². The molecule has 5 heteroatoms. The first kappa shape index (κ1) is 11.1. The number of aromatic nitrogens is 1. The average Bonchev–Trinajstić information content (AvgIpc) is 2.17. The van der Waals surface area contributed by atoms with E-state index in [9.17, 15) is 0 Å². The Kier molecular flexibility index (Phi) is 3.16. The van der Waals surface area contributed by atoms with E-state index in [2.05, 4.69) is 10.3 Å². The van der Waals surface area contributed by atoms with Gasteiger partial charge in [0.25, 0.3) is 0 Å². The van der Waals surface area contributed by atoms with Gasteiger partial charge in [0, 0.05) is 32.8 Å². The molecule has 1 saturated heterocycles. The Labute approximate surface area is 98.7 Å². The lowest BCUT2D eigenvalue weighted by atomic mass is 9.89. The number of pyridine rings is 1. The second kappa shape index (κ2) is 4.26. The van der Waals surface area contributed by atoms with Gasteiger partial charge in [0.2, 0.25) is 0 Å². The van der Waals surface area contributed by atoms with Crippen molar-refractivity contribution < 1.29 is 4.74 Å². The van der Waals surface area contributed by atoms with Crippen LogP contribution >= 0.6 is 23.2 Å². The summed E-state index contributed by atoms with van der Waals surface area (Å²) in [5.74, 6) is 0. The molecule has 2 rings (SSSR count). The lowest BCUT2D eigenvalue weighted by molar-refractivity contribution is -0.0502. The van der Waals surface area contributed by atoms with Crippen LogP contribution in [-0.4, -0.2) is 30.8 Å². The highest BCUT2D eigenvalue weighted by molar-refractivity contribution is 6.41. The minimum absolute atomic E-state index is 0.0984. The molecule has 1 aliphatic heterocycles. The number of hydrogen-bond acceptors (Lipinski definition) is 3. The van der Waals surface area contributed by atoms with Crippen LogP contribution in [-0.2, 0) is 11.2 Å². The molecule has 2 heterocycles. The van der Waals surface area contributed by atoms with E-state index in [1.807, 2.05) is 6.07 Å². The zero-order valence-electron chi connectivity index (χ0n) is 8.39. The number of hydrogen-bond donors (Lipinski definition) is 1. The van der Waals surface area contributed by atoms with Crippen LogP contribution in [0.3, 0.4) is 0 Å². The molecular formula is C10H12Cl2N2O. The molecule has 0 atom stereocenters. The van der Waals surface area contributed by atoms with Crippen LogP contribution in [0.25, 0.3) is 0 Å². The van der Waals surface area contributed by atoms with Gasteiger partial charge >= 0.3 is 0 Å². The largest absolute Gasteiger partial charge is 0.375 e. The van der Waals surface area contributed by atoms with Crippen LogP contribution in [0.1, 0.15) is 5.56 Å². The van der Waals surface area contributed by atoms with Gasteiger partial charge in [0.05, 0.1) is 10.6 Å². The molecule has 0 aliphatic carbocycles. The quantitative estimate of drug-likeness (QED) is 0.828. The first-order valence-electron chi connectivity index (χ1n) is 4.71. The average molecular weight is 247 g/mol. The van der Waals surface area contributed by atoms with Crippen LogP contribution in [0.15, 0.2) is 12.3 Å². The highest BCUT2D eigenvalue weighted by atomic mass is 35.5. The van der Waals surface area contributed by atoms with E-state index in [4.69, 9.17) is 27.9 Å². The number of ether oxygens (including phenoxy) is 1. The van der Waals surface area contributed by atoms with E-state index < -0.39 is 0 Å². The maximum Gasteiger partial charge on any atom is 0.147 e. The number of halogens is 2. The fourth-order valence-electron chi connectivity index (χ4n) is 1.67. The van der Waals surface area contributed by atoms with Crippen molar-refractivity contribution in [3.8, 4) is 0 Å².